The van der Waals surface area contributed by atoms with Crippen LogP contribution in [0.4, 0.5) is 0 Å². The van der Waals surface area contributed by atoms with Crippen molar-refractivity contribution in [2.45, 2.75) is 97.4 Å². The molecule has 176 valence electrons. The van der Waals surface area contributed by atoms with Gasteiger partial charge in [-0.15, -0.1) is 0 Å². The Morgan fingerprint density at radius 3 is 2.55 bits per heavy atom. The highest BCUT2D eigenvalue weighted by molar-refractivity contribution is 5.30. The van der Waals surface area contributed by atoms with Crippen molar-refractivity contribution in [1.29, 1.82) is 0 Å². The molecule has 0 aromatic carbocycles. The summed E-state index contributed by atoms with van der Waals surface area (Å²) in [5.74, 6) is 2.63. The van der Waals surface area contributed by atoms with Crippen molar-refractivity contribution in [3.63, 3.8) is 0 Å². The zero-order valence-corrected chi connectivity index (χ0v) is 19.9. The minimum Gasteiger partial charge on any atom is -0.396 e. The highest BCUT2D eigenvalue weighted by Gasteiger charge is 2.61. The number of hydrogen-bond acceptors (Lipinski definition) is 4. The third-order valence-electron chi connectivity index (χ3n) is 10.2. The molecule has 0 saturated heterocycles. The van der Waals surface area contributed by atoms with Crippen molar-refractivity contribution in [1.82, 2.24) is 0 Å². The lowest BCUT2D eigenvalue weighted by atomic mass is 9.46. The van der Waals surface area contributed by atoms with E-state index in [-0.39, 0.29) is 17.4 Å². The molecule has 0 unspecified atom stereocenters. The lowest BCUT2D eigenvalue weighted by Gasteiger charge is -2.59. The van der Waals surface area contributed by atoms with Crippen LogP contribution in [0.25, 0.3) is 0 Å². The van der Waals surface area contributed by atoms with Gasteiger partial charge in [0.05, 0.1) is 6.10 Å². The average molecular weight is 433 g/mol. The van der Waals surface area contributed by atoms with Gasteiger partial charge < -0.3 is 20.4 Å². The van der Waals surface area contributed by atoms with Gasteiger partial charge >= 0.3 is 0 Å². The maximum Gasteiger partial charge on any atom is 0.110 e. The van der Waals surface area contributed by atoms with Crippen molar-refractivity contribution in [2.75, 3.05) is 6.61 Å². The fourth-order valence-electron chi connectivity index (χ4n) is 8.62. The fraction of sp³-hybridized carbons (Fsp3) is 0.852. The van der Waals surface area contributed by atoms with Crippen LogP contribution in [0.5, 0.6) is 0 Å². The van der Waals surface area contributed by atoms with Gasteiger partial charge in [0.2, 0.25) is 0 Å². The Morgan fingerprint density at radius 2 is 1.87 bits per heavy atom. The number of aliphatic hydroxyl groups excluding tert-OH is 4. The second-order valence-electron chi connectivity index (χ2n) is 11.9. The lowest BCUT2D eigenvalue weighted by Crippen LogP contribution is -2.57. The second-order valence-corrected chi connectivity index (χ2v) is 11.9. The van der Waals surface area contributed by atoms with Crippen molar-refractivity contribution in [3.8, 4) is 0 Å². The van der Waals surface area contributed by atoms with E-state index in [0.29, 0.717) is 36.0 Å². The summed E-state index contributed by atoms with van der Waals surface area (Å²) in [6.45, 7) is 9.29. The number of rotatable bonds is 5. The first-order valence-corrected chi connectivity index (χ1v) is 12.6. The molecule has 0 aromatic rings. The first-order valence-electron chi connectivity index (χ1n) is 12.6. The Hall–Kier alpha value is -0.680. The van der Waals surface area contributed by atoms with Gasteiger partial charge in [-0.25, -0.2) is 0 Å². The molecule has 4 nitrogen and oxygen atoms in total. The predicted molar refractivity (Wildman–Crippen MR) is 123 cm³/mol. The molecule has 0 heterocycles. The summed E-state index contributed by atoms with van der Waals surface area (Å²) >= 11 is 0. The smallest absolute Gasteiger partial charge is 0.110 e. The summed E-state index contributed by atoms with van der Waals surface area (Å²) in [6, 6.07) is 0. The minimum atomic E-state index is -1.06. The number of fused-ring (bicyclic) bond motifs is 5. The molecule has 0 spiro atoms. The Bertz CT molecular complexity index is 725. The highest BCUT2D eigenvalue weighted by Crippen LogP contribution is 2.67. The van der Waals surface area contributed by atoms with Crippen molar-refractivity contribution >= 4 is 0 Å². The van der Waals surface area contributed by atoms with Gasteiger partial charge in [-0.1, -0.05) is 31.6 Å². The molecule has 0 aromatic heterocycles. The van der Waals surface area contributed by atoms with E-state index in [1.807, 2.05) is 0 Å². The Labute approximate surface area is 188 Å². The quantitative estimate of drug-likeness (QED) is 0.490. The van der Waals surface area contributed by atoms with Crippen LogP contribution in [0.15, 0.2) is 23.3 Å². The van der Waals surface area contributed by atoms with Gasteiger partial charge in [-0.05, 0) is 111 Å². The molecule has 0 radical (unpaired) electrons. The molecule has 0 bridgehead atoms. The van der Waals surface area contributed by atoms with Crippen LogP contribution in [-0.4, -0.2) is 45.3 Å². The monoisotopic (exact) mass is 432 g/mol. The van der Waals surface area contributed by atoms with Gasteiger partial charge in [-0.3, -0.25) is 0 Å². The average Bonchev–Trinajstić information content (AvgIpc) is 3.06. The van der Waals surface area contributed by atoms with Crippen LogP contribution in [0.2, 0.25) is 0 Å². The lowest BCUT2D eigenvalue weighted by molar-refractivity contribution is -0.126. The standard InChI is InChI=1S/C27H44O4/c1-16(2)6-5-7-17(15-28)19-10-11-20-18-8-9-22-24(30)25(31)23(29)14-27(22,4)21(18)12-13-26(19,20)3/h6,9,17-21,23-25,28-31H,5,7-8,10-15H2,1-4H3/t17-,18-,19+,20-,21-,23+,24+,25+,26+,27+/m0/s1. The van der Waals surface area contributed by atoms with Crippen molar-refractivity contribution < 1.29 is 20.4 Å². The van der Waals surface area contributed by atoms with E-state index in [1.165, 1.54) is 24.8 Å². The first-order chi connectivity index (χ1) is 14.6. The molecule has 4 heteroatoms. The predicted octanol–water partition coefficient (Wildman–Crippen LogP) is 4.22. The summed E-state index contributed by atoms with van der Waals surface area (Å²) < 4.78 is 0. The summed E-state index contributed by atoms with van der Waals surface area (Å²) in [5.41, 5.74) is 2.37. The zero-order chi connectivity index (χ0) is 22.6. The van der Waals surface area contributed by atoms with Gasteiger partial charge in [0, 0.05) is 6.61 Å². The zero-order valence-electron chi connectivity index (χ0n) is 19.9. The van der Waals surface area contributed by atoms with Gasteiger partial charge in [0.25, 0.3) is 0 Å². The van der Waals surface area contributed by atoms with E-state index in [2.05, 4.69) is 39.8 Å². The molecule has 4 aliphatic rings. The first kappa shape index (κ1) is 23.5. The maximum absolute atomic E-state index is 10.7. The molecule has 3 saturated carbocycles. The molecule has 3 fully saturated rings. The van der Waals surface area contributed by atoms with E-state index in [1.54, 1.807) is 0 Å². The van der Waals surface area contributed by atoms with Gasteiger partial charge in [-0.2, -0.15) is 0 Å². The van der Waals surface area contributed by atoms with E-state index in [4.69, 9.17) is 0 Å². The summed E-state index contributed by atoms with van der Waals surface area (Å²) in [6.07, 6.45) is 10.0. The van der Waals surface area contributed by atoms with E-state index < -0.39 is 18.3 Å². The Balaban J connectivity index is 1.56. The summed E-state index contributed by atoms with van der Waals surface area (Å²) in [7, 11) is 0. The fourth-order valence-corrected chi connectivity index (χ4v) is 8.62. The van der Waals surface area contributed by atoms with E-state index >= 15 is 0 Å². The largest absolute Gasteiger partial charge is 0.396 e. The Kier molecular flexibility index (Phi) is 6.51. The molecule has 4 rings (SSSR count). The maximum atomic E-state index is 10.7. The number of aliphatic hydroxyl groups is 4. The van der Waals surface area contributed by atoms with Gasteiger partial charge in [0.1, 0.15) is 12.2 Å². The van der Waals surface area contributed by atoms with Crippen LogP contribution in [0.3, 0.4) is 0 Å². The van der Waals surface area contributed by atoms with E-state index in [0.717, 1.165) is 31.3 Å². The molecular weight excluding hydrogens is 388 g/mol. The van der Waals surface area contributed by atoms with Gasteiger partial charge in [0.15, 0.2) is 0 Å². The molecule has 31 heavy (non-hydrogen) atoms. The highest BCUT2D eigenvalue weighted by atomic mass is 16.4. The van der Waals surface area contributed by atoms with Crippen LogP contribution in [-0.2, 0) is 0 Å². The van der Waals surface area contributed by atoms with Crippen LogP contribution >= 0.6 is 0 Å². The molecule has 4 N–H and O–H groups in total. The topological polar surface area (TPSA) is 80.9 Å². The SMILES string of the molecule is CC(C)=CCC[C@@H](CO)[C@H]1CC[C@H]2[C@@H]3CC=C4[C@@H](O)[C@H](O)[C@H](O)C[C@]4(C)[C@H]3CC[C@]12C. The molecule has 4 aliphatic carbocycles. The molecule has 10 atom stereocenters. The molecular formula is C27H44O4. The minimum absolute atomic E-state index is 0.222. The summed E-state index contributed by atoms with van der Waals surface area (Å²) in [5, 5.41) is 41.7. The molecule has 0 aliphatic heterocycles. The Morgan fingerprint density at radius 1 is 1.13 bits per heavy atom. The number of hydrogen-bond donors (Lipinski definition) is 4. The van der Waals surface area contributed by atoms with E-state index in [9.17, 15) is 20.4 Å². The normalized spacial score (nSPS) is 47.6. The summed E-state index contributed by atoms with van der Waals surface area (Å²) in [4.78, 5) is 0. The van der Waals surface area contributed by atoms with Crippen LogP contribution in [0.1, 0.15) is 79.1 Å². The third kappa shape index (κ3) is 3.76. The van der Waals surface area contributed by atoms with Crippen LogP contribution < -0.4 is 0 Å². The number of allylic oxidation sites excluding steroid dienone is 3. The van der Waals surface area contributed by atoms with Crippen molar-refractivity contribution in [2.24, 2.45) is 40.4 Å². The molecule has 0 amide bonds. The third-order valence-corrected chi connectivity index (χ3v) is 10.2. The second kappa shape index (κ2) is 8.59. The van der Waals surface area contributed by atoms with Crippen LogP contribution in [0, 0.1) is 40.4 Å². The van der Waals surface area contributed by atoms with Crippen molar-refractivity contribution in [3.05, 3.63) is 23.3 Å².